The Kier molecular flexibility index (Phi) is 3.50. The maximum Gasteiger partial charge on any atom is 0.123 e. The Morgan fingerprint density at radius 2 is 1.92 bits per heavy atom. The highest BCUT2D eigenvalue weighted by Crippen LogP contribution is 2.16. The molecule has 0 saturated heterocycles. The van der Waals surface area contributed by atoms with E-state index in [1.807, 2.05) is 0 Å². The Morgan fingerprint density at radius 3 is 2.42 bits per heavy atom. The molecule has 0 spiro atoms. The van der Waals surface area contributed by atoms with Gasteiger partial charge in [-0.1, -0.05) is 12.1 Å². The van der Waals surface area contributed by atoms with Gasteiger partial charge in [-0.2, -0.15) is 0 Å². The van der Waals surface area contributed by atoms with Crippen molar-refractivity contribution in [3.05, 3.63) is 35.6 Å². The van der Waals surface area contributed by atoms with Crippen molar-refractivity contribution in [3.63, 3.8) is 0 Å². The molecule has 0 aliphatic rings. The minimum Gasteiger partial charge on any atom is -0.388 e. The summed E-state index contributed by atoms with van der Waals surface area (Å²) in [5, 5.41) is 9.40. The minimum atomic E-state index is -0.580. The Labute approximate surface area is 75.8 Å². The van der Waals surface area contributed by atoms with E-state index in [9.17, 15) is 9.50 Å². The minimum absolute atomic E-state index is 0.295. The van der Waals surface area contributed by atoms with Crippen LogP contribution >= 0.6 is 11.6 Å². The summed E-state index contributed by atoms with van der Waals surface area (Å²) in [6.07, 6.45) is -0.0872. The second kappa shape index (κ2) is 4.43. The van der Waals surface area contributed by atoms with E-state index >= 15 is 0 Å². The molecule has 66 valence electrons. The smallest absolute Gasteiger partial charge is 0.123 e. The highest BCUT2D eigenvalue weighted by Gasteiger charge is 2.05. The number of halogens is 2. The largest absolute Gasteiger partial charge is 0.388 e. The van der Waals surface area contributed by atoms with Gasteiger partial charge in [-0.3, -0.25) is 0 Å². The van der Waals surface area contributed by atoms with Gasteiger partial charge < -0.3 is 5.11 Å². The standard InChI is InChI=1S/C9H10ClFO/c10-6-5-9(12)7-1-3-8(11)4-2-7/h1-4,9,12H,5-6H2/t9-/m1/s1. The SMILES string of the molecule is O[C@H](CCCl)c1ccc(F)cc1. The molecule has 12 heavy (non-hydrogen) atoms. The molecular formula is C9H10ClFO. The molecule has 3 heteroatoms. The number of rotatable bonds is 3. The normalized spacial score (nSPS) is 12.9. The van der Waals surface area contributed by atoms with Crippen LogP contribution < -0.4 is 0 Å². The second-order valence-electron chi connectivity index (χ2n) is 2.55. The summed E-state index contributed by atoms with van der Waals surface area (Å²) in [6.45, 7) is 0. The molecule has 0 saturated carbocycles. The number of alkyl halides is 1. The zero-order valence-electron chi connectivity index (χ0n) is 6.50. The lowest BCUT2D eigenvalue weighted by Gasteiger charge is -2.07. The zero-order valence-corrected chi connectivity index (χ0v) is 7.26. The molecule has 0 heterocycles. The van der Waals surface area contributed by atoms with E-state index in [4.69, 9.17) is 11.6 Å². The molecule has 1 aromatic carbocycles. The van der Waals surface area contributed by atoms with Crippen molar-refractivity contribution in [2.24, 2.45) is 0 Å². The van der Waals surface area contributed by atoms with Gasteiger partial charge in [0.25, 0.3) is 0 Å². The molecular weight excluding hydrogens is 179 g/mol. The van der Waals surface area contributed by atoms with Crippen molar-refractivity contribution in [3.8, 4) is 0 Å². The first-order valence-electron chi connectivity index (χ1n) is 3.73. The maximum absolute atomic E-state index is 12.4. The average molecular weight is 189 g/mol. The van der Waals surface area contributed by atoms with Gasteiger partial charge in [0.2, 0.25) is 0 Å². The molecule has 1 rings (SSSR count). The van der Waals surface area contributed by atoms with Crippen LogP contribution in [0.1, 0.15) is 18.1 Å². The van der Waals surface area contributed by atoms with Crippen molar-refractivity contribution < 1.29 is 9.50 Å². The number of benzene rings is 1. The zero-order chi connectivity index (χ0) is 8.97. The Morgan fingerprint density at radius 1 is 1.33 bits per heavy atom. The fourth-order valence-corrected chi connectivity index (χ4v) is 1.16. The van der Waals surface area contributed by atoms with Gasteiger partial charge in [-0.15, -0.1) is 11.6 Å². The van der Waals surface area contributed by atoms with E-state index < -0.39 is 6.10 Å². The van der Waals surface area contributed by atoms with Gasteiger partial charge in [0, 0.05) is 5.88 Å². The number of hydrogen-bond donors (Lipinski definition) is 1. The molecule has 0 fully saturated rings. The van der Waals surface area contributed by atoms with Crippen LogP contribution in [0.4, 0.5) is 4.39 Å². The van der Waals surface area contributed by atoms with Crippen LogP contribution in [0.3, 0.4) is 0 Å². The van der Waals surface area contributed by atoms with Gasteiger partial charge >= 0.3 is 0 Å². The van der Waals surface area contributed by atoms with Crippen molar-refractivity contribution in [2.45, 2.75) is 12.5 Å². The first kappa shape index (κ1) is 9.49. The van der Waals surface area contributed by atoms with Crippen molar-refractivity contribution in [1.82, 2.24) is 0 Å². The topological polar surface area (TPSA) is 20.2 Å². The van der Waals surface area contributed by atoms with E-state index in [-0.39, 0.29) is 5.82 Å². The molecule has 1 N–H and O–H groups in total. The van der Waals surface area contributed by atoms with Crippen LogP contribution in [0.15, 0.2) is 24.3 Å². The van der Waals surface area contributed by atoms with Crippen LogP contribution in [-0.4, -0.2) is 11.0 Å². The van der Waals surface area contributed by atoms with Crippen LogP contribution in [0.5, 0.6) is 0 Å². The molecule has 0 amide bonds. The first-order valence-corrected chi connectivity index (χ1v) is 4.27. The highest BCUT2D eigenvalue weighted by atomic mass is 35.5. The predicted octanol–water partition coefficient (Wildman–Crippen LogP) is 2.49. The summed E-state index contributed by atoms with van der Waals surface area (Å²) in [4.78, 5) is 0. The Bertz CT molecular complexity index is 235. The predicted molar refractivity (Wildman–Crippen MR) is 46.7 cm³/mol. The summed E-state index contributed by atoms with van der Waals surface area (Å²) in [7, 11) is 0. The fourth-order valence-electron chi connectivity index (χ4n) is 0.955. The van der Waals surface area contributed by atoms with Crippen LogP contribution in [0, 0.1) is 5.82 Å². The third kappa shape index (κ3) is 2.47. The van der Waals surface area contributed by atoms with Crippen LogP contribution in [-0.2, 0) is 0 Å². The third-order valence-corrected chi connectivity index (χ3v) is 1.86. The monoisotopic (exact) mass is 188 g/mol. The van der Waals surface area contributed by atoms with Crippen molar-refractivity contribution >= 4 is 11.6 Å². The van der Waals surface area contributed by atoms with Gasteiger partial charge in [-0.25, -0.2) is 4.39 Å². The molecule has 0 bridgehead atoms. The quantitative estimate of drug-likeness (QED) is 0.723. The summed E-state index contributed by atoms with van der Waals surface area (Å²) in [5.41, 5.74) is 0.706. The summed E-state index contributed by atoms with van der Waals surface area (Å²) >= 11 is 5.44. The van der Waals surface area contributed by atoms with E-state index in [2.05, 4.69) is 0 Å². The molecule has 1 aromatic rings. The van der Waals surface area contributed by atoms with Gasteiger partial charge in [0.1, 0.15) is 5.82 Å². The molecule has 0 radical (unpaired) electrons. The highest BCUT2D eigenvalue weighted by molar-refractivity contribution is 6.17. The van der Waals surface area contributed by atoms with Crippen molar-refractivity contribution in [1.29, 1.82) is 0 Å². The average Bonchev–Trinajstić information content (AvgIpc) is 2.06. The lowest BCUT2D eigenvalue weighted by molar-refractivity contribution is 0.174. The molecule has 0 aliphatic heterocycles. The van der Waals surface area contributed by atoms with Gasteiger partial charge in [-0.05, 0) is 24.1 Å². The summed E-state index contributed by atoms with van der Waals surface area (Å²) in [5.74, 6) is 0.107. The molecule has 0 aromatic heterocycles. The molecule has 1 nitrogen and oxygen atoms in total. The molecule has 1 atom stereocenters. The van der Waals surface area contributed by atoms with E-state index in [0.717, 1.165) is 0 Å². The first-order chi connectivity index (χ1) is 5.74. The summed E-state index contributed by atoms with van der Waals surface area (Å²) < 4.78 is 12.4. The lowest BCUT2D eigenvalue weighted by Crippen LogP contribution is -1.97. The van der Waals surface area contributed by atoms with Crippen LogP contribution in [0.25, 0.3) is 0 Å². The van der Waals surface area contributed by atoms with E-state index in [1.54, 1.807) is 12.1 Å². The summed E-state index contributed by atoms with van der Waals surface area (Å²) in [6, 6.07) is 5.78. The molecule has 0 aliphatic carbocycles. The Balaban J connectivity index is 2.68. The Hall–Kier alpha value is -0.600. The number of hydrogen-bond acceptors (Lipinski definition) is 1. The fraction of sp³-hybridized carbons (Fsp3) is 0.333. The van der Waals surface area contributed by atoms with Crippen molar-refractivity contribution in [2.75, 3.05) is 5.88 Å². The van der Waals surface area contributed by atoms with Gasteiger partial charge in [0.05, 0.1) is 6.10 Å². The maximum atomic E-state index is 12.4. The second-order valence-corrected chi connectivity index (χ2v) is 2.92. The number of aliphatic hydroxyl groups excluding tert-OH is 1. The molecule has 0 unspecified atom stereocenters. The lowest BCUT2D eigenvalue weighted by atomic mass is 10.1. The van der Waals surface area contributed by atoms with E-state index in [1.165, 1.54) is 12.1 Å². The van der Waals surface area contributed by atoms with E-state index in [0.29, 0.717) is 17.9 Å². The third-order valence-electron chi connectivity index (χ3n) is 1.64. The van der Waals surface area contributed by atoms with Crippen LogP contribution in [0.2, 0.25) is 0 Å². The van der Waals surface area contributed by atoms with Gasteiger partial charge in [0.15, 0.2) is 0 Å². The number of aliphatic hydroxyl groups is 1.